The van der Waals surface area contributed by atoms with Crippen molar-refractivity contribution in [3.05, 3.63) is 24.3 Å². The van der Waals surface area contributed by atoms with E-state index in [4.69, 9.17) is 14.5 Å². The fourth-order valence-corrected chi connectivity index (χ4v) is 4.42. The van der Waals surface area contributed by atoms with Crippen molar-refractivity contribution < 1.29 is 9.47 Å². The van der Waals surface area contributed by atoms with Crippen LogP contribution in [0.25, 0.3) is 11.0 Å². The first kappa shape index (κ1) is 17.4. The molecule has 7 nitrogen and oxygen atoms in total. The average Bonchev–Trinajstić information content (AvgIpc) is 3.35. The van der Waals surface area contributed by atoms with E-state index in [0.717, 1.165) is 83.8 Å². The Kier molecular flexibility index (Phi) is 5.00. The average molecular weight is 371 g/mol. The van der Waals surface area contributed by atoms with Crippen LogP contribution in [0.2, 0.25) is 0 Å². The Morgan fingerprint density at radius 1 is 1.00 bits per heavy atom. The monoisotopic (exact) mass is 371 g/mol. The summed E-state index contributed by atoms with van der Waals surface area (Å²) in [7, 11) is 0. The van der Waals surface area contributed by atoms with Crippen molar-refractivity contribution in [1.82, 2.24) is 19.4 Å². The number of fused-ring (bicyclic) bond motifs is 3. The van der Waals surface area contributed by atoms with Crippen LogP contribution in [0.4, 0.5) is 5.95 Å². The van der Waals surface area contributed by atoms with E-state index < -0.39 is 0 Å². The van der Waals surface area contributed by atoms with Crippen LogP contribution in [0, 0.1) is 0 Å². The Morgan fingerprint density at radius 3 is 2.70 bits per heavy atom. The summed E-state index contributed by atoms with van der Waals surface area (Å²) in [6, 6.07) is 8.47. The van der Waals surface area contributed by atoms with E-state index in [1.807, 2.05) is 0 Å². The molecule has 0 unspecified atom stereocenters. The molecule has 0 spiro atoms. The van der Waals surface area contributed by atoms with E-state index >= 15 is 0 Å². The topological polar surface area (TPSA) is 46.0 Å². The molecule has 7 heteroatoms. The van der Waals surface area contributed by atoms with Gasteiger partial charge in [-0.2, -0.15) is 0 Å². The van der Waals surface area contributed by atoms with Gasteiger partial charge in [-0.1, -0.05) is 12.1 Å². The van der Waals surface area contributed by atoms with E-state index in [2.05, 4.69) is 43.5 Å². The second-order valence-corrected chi connectivity index (χ2v) is 7.82. The second kappa shape index (κ2) is 7.75. The summed E-state index contributed by atoms with van der Waals surface area (Å²) in [6.07, 6.45) is 2.66. The van der Waals surface area contributed by atoms with E-state index in [-0.39, 0.29) is 0 Å². The summed E-state index contributed by atoms with van der Waals surface area (Å²) in [5, 5.41) is 0. The molecule has 2 saturated heterocycles. The molecule has 4 heterocycles. The van der Waals surface area contributed by atoms with Crippen LogP contribution >= 0.6 is 0 Å². The van der Waals surface area contributed by atoms with Gasteiger partial charge in [0.25, 0.3) is 0 Å². The van der Waals surface area contributed by atoms with Gasteiger partial charge in [0, 0.05) is 39.3 Å². The van der Waals surface area contributed by atoms with Gasteiger partial charge >= 0.3 is 0 Å². The quantitative estimate of drug-likeness (QED) is 0.795. The third-order valence-corrected chi connectivity index (χ3v) is 5.91. The third-order valence-electron chi connectivity index (χ3n) is 5.91. The maximum Gasteiger partial charge on any atom is 0.208 e. The Morgan fingerprint density at radius 2 is 1.85 bits per heavy atom. The van der Waals surface area contributed by atoms with Crippen LogP contribution < -0.4 is 4.90 Å². The van der Waals surface area contributed by atoms with Crippen molar-refractivity contribution in [2.45, 2.75) is 25.6 Å². The highest BCUT2D eigenvalue weighted by molar-refractivity contribution is 5.79. The van der Waals surface area contributed by atoms with Gasteiger partial charge in [-0.15, -0.1) is 0 Å². The standard InChI is InChI=1S/C20H29N5O2/c1-2-6-19-18(5-1)21-20-24(14-17-4-3-11-27-17)15-23(16-25(19)20)8-7-22-9-12-26-13-10-22/h1-2,5-6,17H,3-4,7-16H2/t17-/m1/s1. The van der Waals surface area contributed by atoms with Gasteiger partial charge in [0.2, 0.25) is 5.95 Å². The van der Waals surface area contributed by atoms with Gasteiger partial charge in [0.1, 0.15) is 0 Å². The van der Waals surface area contributed by atoms with Crippen LogP contribution in [0.5, 0.6) is 0 Å². The summed E-state index contributed by atoms with van der Waals surface area (Å²) in [5.74, 6) is 1.09. The zero-order chi connectivity index (χ0) is 18.1. The van der Waals surface area contributed by atoms with Crippen molar-refractivity contribution in [2.75, 3.05) is 64.1 Å². The molecular weight excluding hydrogens is 342 g/mol. The maximum absolute atomic E-state index is 5.92. The molecule has 0 N–H and O–H groups in total. The number of morpholine rings is 1. The van der Waals surface area contributed by atoms with Gasteiger partial charge in [0.05, 0.1) is 43.7 Å². The summed E-state index contributed by atoms with van der Waals surface area (Å²) in [4.78, 5) is 12.4. The summed E-state index contributed by atoms with van der Waals surface area (Å²) >= 11 is 0. The maximum atomic E-state index is 5.92. The Labute approximate surface area is 160 Å². The van der Waals surface area contributed by atoms with Crippen molar-refractivity contribution in [3.8, 4) is 0 Å². The molecule has 2 fully saturated rings. The zero-order valence-corrected chi connectivity index (χ0v) is 15.9. The van der Waals surface area contributed by atoms with E-state index in [9.17, 15) is 0 Å². The summed E-state index contributed by atoms with van der Waals surface area (Å²) in [5.41, 5.74) is 2.31. The van der Waals surface area contributed by atoms with Crippen molar-refractivity contribution >= 4 is 17.0 Å². The fraction of sp³-hybridized carbons (Fsp3) is 0.650. The predicted molar refractivity (Wildman–Crippen MR) is 105 cm³/mol. The van der Waals surface area contributed by atoms with Crippen LogP contribution in [-0.2, 0) is 16.1 Å². The lowest BCUT2D eigenvalue weighted by atomic mass is 10.2. The third kappa shape index (κ3) is 3.69. The highest BCUT2D eigenvalue weighted by atomic mass is 16.5. The lowest BCUT2D eigenvalue weighted by molar-refractivity contribution is 0.0306. The van der Waals surface area contributed by atoms with Gasteiger partial charge < -0.3 is 14.4 Å². The number of nitrogens with zero attached hydrogens (tertiary/aromatic N) is 5. The number of anilines is 1. The fourth-order valence-electron chi connectivity index (χ4n) is 4.42. The molecule has 3 aliphatic rings. The molecule has 0 radical (unpaired) electrons. The van der Waals surface area contributed by atoms with Crippen LogP contribution in [0.1, 0.15) is 12.8 Å². The zero-order valence-electron chi connectivity index (χ0n) is 15.9. The van der Waals surface area contributed by atoms with Crippen LogP contribution in [-0.4, -0.2) is 84.7 Å². The van der Waals surface area contributed by atoms with Gasteiger partial charge in [-0.05, 0) is 25.0 Å². The Balaban J connectivity index is 1.35. The number of hydrogen-bond donors (Lipinski definition) is 0. The lowest BCUT2D eigenvalue weighted by Gasteiger charge is -2.39. The summed E-state index contributed by atoms with van der Waals surface area (Å²) < 4.78 is 13.8. The minimum absolute atomic E-state index is 0.331. The molecule has 27 heavy (non-hydrogen) atoms. The molecule has 3 aliphatic heterocycles. The summed E-state index contributed by atoms with van der Waals surface area (Å²) in [6.45, 7) is 9.64. The first-order chi connectivity index (χ1) is 13.4. The largest absolute Gasteiger partial charge is 0.379 e. The SMILES string of the molecule is c1ccc2c(c1)nc1n2CN(CCN2CCOCC2)CN1C[C@H]1CCCO1. The number of imidazole rings is 1. The Bertz CT molecular complexity index is 767. The van der Waals surface area contributed by atoms with Crippen LogP contribution in [0.3, 0.4) is 0 Å². The molecule has 146 valence electrons. The number of para-hydroxylation sites is 2. The minimum atomic E-state index is 0.331. The Hall–Kier alpha value is -1.67. The van der Waals surface area contributed by atoms with Gasteiger partial charge in [-0.3, -0.25) is 14.4 Å². The van der Waals surface area contributed by atoms with E-state index in [1.54, 1.807) is 0 Å². The van der Waals surface area contributed by atoms with Gasteiger partial charge in [-0.25, -0.2) is 4.98 Å². The predicted octanol–water partition coefficient (Wildman–Crippen LogP) is 1.58. The van der Waals surface area contributed by atoms with Crippen molar-refractivity contribution in [1.29, 1.82) is 0 Å². The minimum Gasteiger partial charge on any atom is -0.379 e. The van der Waals surface area contributed by atoms with Crippen LogP contribution in [0.15, 0.2) is 24.3 Å². The molecule has 0 aliphatic carbocycles. The highest BCUT2D eigenvalue weighted by Gasteiger charge is 2.29. The number of hydrogen-bond acceptors (Lipinski definition) is 6. The molecule has 0 saturated carbocycles. The molecule has 2 aromatic rings. The van der Waals surface area contributed by atoms with Crippen molar-refractivity contribution in [2.24, 2.45) is 0 Å². The molecule has 5 rings (SSSR count). The number of rotatable bonds is 5. The van der Waals surface area contributed by atoms with E-state index in [1.165, 1.54) is 11.9 Å². The molecule has 1 aromatic heterocycles. The van der Waals surface area contributed by atoms with Gasteiger partial charge in [0.15, 0.2) is 0 Å². The first-order valence-electron chi connectivity index (χ1n) is 10.2. The molecule has 1 aromatic carbocycles. The first-order valence-corrected chi connectivity index (χ1v) is 10.2. The highest BCUT2D eigenvalue weighted by Crippen LogP contribution is 2.28. The molecule has 1 atom stereocenters. The second-order valence-electron chi connectivity index (χ2n) is 7.82. The van der Waals surface area contributed by atoms with Crippen molar-refractivity contribution in [3.63, 3.8) is 0 Å². The molecular formula is C20H29N5O2. The number of ether oxygens (including phenoxy) is 2. The smallest absolute Gasteiger partial charge is 0.208 e. The normalized spacial score (nSPS) is 24.6. The molecule has 0 amide bonds. The number of benzene rings is 1. The lowest BCUT2D eigenvalue weighted by Crippen LogP contribution is -2.50. The van der Waals surface area contributed by atoms with E-state index in [0.29, 0.717) is 6.10 Å². The molecule has 0 bridgehead atoms. The number of aromatic nitrogens is 2.